The van der Waals surface area contributed by atoms with E-state index in [-0.39, 0.29) is 9.99 Å². The van der Waals surface area contributed by atoms with Crippen molar-refractivity contribution in [2.24, 2.45) is 0 Å². The number of ketones is 1. The Morgan fingerprint density at radius 3 is 2.65 bits per heavy atom. The Balaban J connectivity index is 2.29. The smallest absolute Gasteiger partial charge is 0.253 e. The molecule has 0 bridgehead atoms. The highest BCUT2D eigenvalue weighted by Gasteiger charge is 2.20. The molecule has 0 unspecified atom stereocenters. The Morgan fingerprint density at radius 1 is 1.30 bits per heavy atom. The third-order valence-electron chi connectivity index (χ3n) is 2.81. The lowest BCUT2D eigenvalue weighted by Crippen LogP contribution is -2.24. The summed E-state index contributed by atoms with van der Waals surface area (Å²) in [6.45, 7) is 1.99. The van der Waals surface area contributed by atoms with Gasteiger partial charge in [0.1, 0.15) is 11.5 Å². The van der Waals surface area contributed by atoms with Crippen LogP contribution in [0.15, 0.2) is 15.7 Å². The molecule has 0 aromatic carbocycles. The van der Waals surface area contributed by atoms with Crippen LogP contribution >= 0.6 is 11.3 Å². The fraction of sp³-hybridized carbons (Fsp3) is 0.615. The first kappa shape index (κ1) is 17.1. The van der Waals surface area contributed by atoms with Gasteiger partial charge in [-0.15, -0.1) is 11.3 Å². The molecule has 0 aliphatic carbocycles. The molecule has 0 saturated carbocycles. The zero-order valence-corrected chi connectivity index (χ0v) is 13.5. The minimum absolute atomic E-state index is 0.204. The first-order valence-corrected chi connectivity index (χ1v) is 8.94. The number of hydrogen-bond donors (Lipinski definition) is 1. The van der Waals surface area contributed by atoms with E-state index in [1.54, 1.807) is 18.4 Å². The second kappa shape index (κ2) is 8.39. The molecule has 20 heavy (non-hydrogen) atoms. The van der Waals surface area contributed by atoms with Crippen LogP contribution in [0.1, 0.15) is 39.0 Å². The van der Waals surface area contributed by atoms with Gasteiger partial charge in [0.15, 0.2) is 4.21 Å². The number of Topliss-reactive ketones (excluding diaryl/α,β-unsaturated/α-hetero) is 1. The van der Waals surface area contributed by atoms with Crippen LogP contribution < -0.4 is 9.46 Å². The number of unbranched alkanes of at least 4 members (excludes halogenated alkanes) is 3. The standard InChI is InChI=1S/C13H21NO4S2/c1-11(15)7-5-3-4-6-9-14-20(16,17)13-12(18-2)8-10-19-13/h8,10,14H,3-7,9H2,1-2H3. The van der Waals surface area contributed by atoms with E-state index in [0.717, 1.165) is 37.0 Å². The van der Waals surface area contributed by atoms with E-state index in [2.05, 4.69) is 4.72 Å². The maximum Gasteiger partial charge on any atom is 0.253 e. The lowest BCUT2D eigenvalue weighted by Gasteiger charge is -2.06. The van der Waals surface area contributed by atoms with Crippen LogP contribution in [-0.4, -0.2) is 27.9 Å². The Bertz CT molecular complexity index is 522. The van der Waals surface area contributed by atoms with Gasteiger partial charge in [-0.05, 0) is 31.2 Å². The van der Waals surface area contributed by atoms with Crippen molar-refractivity contribution in [2.75, 3.05) is 13.7 Å². The topological polar surface area (TPSA) is 72.5 Å². The molecule has 0 radical (unpaired) electrons. The molecule has 7 heteroatoms. The van der Waals surface area contributed by atoms with Crippen molar-refractivity contribution in [1.82, 2.24) is 4.72 Å². The highest BCUT2D eigenvalue weighted by atomic mass is 32.2. The lowest BCUT2D eigenvalue weighted by molar-refractivity contribution is -0.117. The number of thiophene rings is 1. The summed E-state index contributed by atoms with van der Waals surface area (Å²) in [5.74, 6) is 0.583. The molecular weight excluding hydrogens is 298 g/mol. The largest absolute Gasteiger partial charge is 0.494 e. The van der Waals surface area contributed by atoms with Crippen molar-refractivity contribution in [2.45, 2.75) is 43.2 Å². The molecule has 0 saturated heterocycles. The SMILES string of the molecule is COc1ccsc1S(=O)(=O)NCCCCCCC(C)=O. The van der Waals surface area contributed by atoms with Crippen LogP contribution in [0, 0.1) is 0 Å². The molecule has 5 nitrogen and oxygen atoms in total. The number of sulfonamides is 1. The molecule has 0 fully saturated rings. The van der Waals surface area contributed by atoms with E-state index < -0.39 is 10.0 Å². The Hall–Kier alpha value is -0.920. The maximum absolute atomic E-state index is 12.0. The van der Waals surface area contributed by atoms with Crippen LogP contribution in [0.2, 0.25) is 0 Å². The summed E-state index contributed by atoms with van der Waals surface area (Å²) in [5.41, 5.74) is 0. The van der Waals surface area contributed by atoms with Gasteiger partial charge in [0.25, 0.3) is 10.0 Å². The number of methoxy groups -OCH3 is 1. The summed E-state index contributed by atoms with van der Waals surface area (Å²) in [5, 5.41) is 1.69. The number of carbonyl (C=O) groups is 1. The Kier molecular flexibility index (Phi) is 7.18. The number of rotatable bonds is 10. The first-order valence-electron chi connectivity index (χ1n) is 6.58. The monoisotopic (exact) mass is 319 g/mol. The van der Waals surface area contributed by atoms with Gasteiger partial charge in [-0.3, -0.25) is 0 Å². The van der Waals surface area contributed by atoms with Crippen molar-refractivity contribution in [1.29, 1.82) is 0 Å². The summed E-state index contributed by atoms with van der Waals surface area (Å²) < 4.78 is 31.9. The van der Waals surface area contributed by atoms with Gasteiger partial charge in [0.2, 0.25) is 0 Å². The second-order valence-corrected chi connectivity index (χ2v) is 7.42. The summed E-state index contributed by atoms with van der Waals surface area (Å²) in [4.78, 5) is 10.8. The van der Waals surface area contributed by atoms with E-state index in [9.17, 15) is 13.2 Å². The van der Waals surface area contributed by atoms with Gasteiger partial charge in [0, 0.05) is 13.0 Å². The normalized spacial score (nSPS) is 11.5. The van der Waals surface area contributed by atoms with Gasteiger partial charge in [0.05, 0.1) is 7.11 Å². The molecule has 0 atom stereocenters. The second-order valence-electron chi connectivity index (χ2n) is 4.54. The maximum atomic E-state index is 12.0. The number of ether oxygens (including phenoxy) is 1. The van der Waals surface area contributed by atoms with Crippen molar-refractivity contribution < 1.29 is 17.9 Å². The quantitative estimate of drug-likeness (QED) is 0.673. The average molecular weight is 319 g/mol. The molecule has 114 valence electrons. The van der Waals surface area contributed by atoms with Gasteiger partial charge in [-0.25, -0.2) is 13.1 Å². The van der Waals surface area contributed by atoms with Gasteiger partial charge in [-0.1, -0.05) is 12.8 Å². The van der Waals surface area contributed by atoms with Crippen LogP contribution in [0.25, 0.3) is 0 Å². The predicted octanol–water partition coefficient (Wildman–Crippen LogP) is 2.57. The van der Waals surface area contributed by atoms with Crippen LogP contribution in [-0.2, 0) is 14.8 Å². The van der Waals surface area contributed by atoms with Gasteiger partial charge in [-0.2, -0.15) is 0 Å². The summed E-state index contributed by atoms with van der Waals surface area (Å²) in [7, 11) is -2.02. The molecule has 0 spiro atoms. The zero-order valence-electron chi connectivity index (χ0n) is 11.8. The minimum atomic E-state index is -3.48. The fourth-order valence-corrected chi connectivity index (χ4v) is 4.15. The number of carbonyl (C=O) groups excluding carboxylic acids is 1. The lowest BCUT2D eigenvalue weighted by atomic mass is 10.1. The Labute approximate surface area is 124 Å². The number of hydrogen-bond acceptors (Lipinski definition) is 5. The van der Waals surface area contributed by atoms with E-state index in [1.807, 2.05) is 0 Å². The molecule has 1 N–H and O–H groups in total. The minimum Gasteiger partial charge on any atom is -0.494 e. The summed E-state index contributed by atoms with van der Waals surface area (Å²) >= 11 is 1.14. The van der Waals surface area contributed by atoms with E-state index in [4.69, 9.17) is 4.74 Å². The van der Waals surface area contributed by atoms with Crippen molar-refractivity contribution in [3.8, 4) is 5.75 Å². The van der Waals surface area contributed by atoms with Crippen molar-refractivity contribution in [3.05, 3.63) is 11.4 Å². The highest BCUT2D eigenvalue weighted by Crippen LogP contribution is 2.29. The molecule has 1 rings (SSSR count). The van der Waals surface area contributed by atoms with Gasteiger partial charge >= 0.3 is 0 Å². The third-order valence-corrected chi connectivity index (χ3v) is 5.72. The third kappa shape index (κ3) is 5.60. The van der Waals surface area contributed by atoms with Crippen LogP contribution in [0.5, 0.6) is 5.75 Å². The molecular formula is C13H21NO4S2. The Morgan fingerprint density at radius 2 is 2.00 bits per heavy atom. The molecule has 0 aliphatic rings. The molecule has 1 heterocycles. The zero-order chi connectivity index (χ0) is 15.0. The van der Waals surface area contributed by atoms with Crippen molar-refractivity contribution >= 4 is 27.1 Å². The predicted molar refractivity (Wildman–Crippen MR) is 79.8 cm³/mol. The molecule has 1 aromatic rings. The van der Waals surface area contributed by atoms with Gasteiger partial charge < -0.3 is 9.53 Å². The summed E-state index contributed by atoms with van der Waals surface area (Å²) in [6, 6.07) is 1.64. The van der Waals surface area contributed by atoms with E-state index in [1.165, 1.54) is 7.11 Å². The average Bonchev–Trinajstić information content (AvgIpc) is 2.86. The highest BCUT2D eigenvalue weighted by molar-refractivity contribution is 7.91. The molecule has 1 aromatic heterocycles. The van der Waals surface area contributed by atoms with E-state index in [0.29, 0.717) is 18.7 Å². The fourth-order valence-electron chi connectivity index (χ4n) is 1.76. The number of nitrogens with one attached hydrogen (secondary N) is 1. The first-order chi connectivity index (χ1) is 9.47. The van der Waals surface area contributed by atoms with E-state index >= 15 is 0 Å². The summed E-state index contributed by atoms with van der Waals surface area (Å²) in [6.07, 6.45) is 4.12. The molecule has 0 aliphatic heterocycles. The van der Waals surface area contributed by atoms with Crippen LogP contribution in [0.4, 0.5) is 0 Å². The van der Waals surface area contributed by atoms with Crippen molar-refractivity contribution in [3.63, 3.8) is 0 Å². The molecule has 0 amide bonds. The van der Waals surface area contributed by atoms with Crippen LogP contribution in [0.3, 0.4) is 0 Å².